The number of halogens is 2. The van der Waals surface area contributed by atoms with Crippen LogP contribution in [0.4, 0.5) is 14.5 Å². The number of benzene rings is 4. The van der Waals surface area contributed by atoms with Gasteiger partial charge in [0.1, 0.15) is 23.1 Å². The van der Waals surface area contributed by atoms with Gasteiger partial charge in [-0.3, -0.25) is 0 Å². The van der Waals surface area contributed by atoms with Crippen molar-refractivity contribution in [3.05, 3.63) is 102 Å². The molecule has 12 heteroatoms. The fourth-order valence-corrected chi connectivity index (χ4v) is 7.97. The third-order valence-electron chi connectivity index (χ3n) is 7.49. The Bertz CT molecular complexity index is 1960. The first-order chi connectivity index (χ1) is 21.0. The molecule has 230 valence electrons. The van der Waals surface area contributed by atoms with Crippen LogP contribution in [0.15, 0.2) is 98.7 Å². The highest BCUT2D eigenvalue weighted by Gasteiger charge is 2.30. The molecular formula is C32H30F2N2O6S2. The molecule has 0 aliphatic heterocycles. The molecule has 1 N–H and O–H groups in total. The van der Waals surface area contributed by atoms with Crippen LogP contribution in [-0.2, 0) is 19.7 Å². The van der Waals surface area contributed by atoms with Crippen LogP contribution >= 0.6 is 0 Å². The zero-order valence-corrected chi connectivity index (χ0v) is 25.6. The lowest BCUT2D eigenvalue weighted by Crippen LogP contribution is -2.27. The number of sulfone groups is 2. The predicted octanol–water partition coefficient (Wildman–Crippen LogP) is 6.09. The first-order valence-corrected chi connectivity index (χ1v) is 17.0. The van der Waals surface area contributed by atoms with Crippen LogP contribution in [0.3, 0.4) is 0 Å². The van der Waals surface area contributed by atoms with E-state index in [-0.39, 0.29) is 32.6 Å². The summed E-state index contributed by atoms with van der Waals surface area (Å²) in [5, 5.41) is 13.3. The monoisotopic (exact) mass is 640 g/mol. The van der Waals surface area contributed by atoms with Gasteiger partial charge < -0.3 is 14.8 Å². The van der Waals surface area contributed by atoms with E-state index in [1.165, 1.54) is 55.6 Å². The summed E-state index contributed by atoms with van der Waals surface area (Å²) in [6.45, 7) is 3.00. The average Bonchev–Trinajstić information content (AvgIpc) is 3.33. The van der Waals surface area contributed by atoms with Gasteiger partial charge in [-0.15, -0.1) is 0 Å². The first kappa shape index (κ1) is 31.1. The molecule has 44 heavy (non-hydrogen) atoms. The van der Waals surface area contributed by atoms with Gasteiger partial charge >= 0.3 is 0 Å². The van der Waals surface area contributed by atoms with Gasteiger partial charge in [0, 0.05) is 30.3 Å². The molecular weight excluding hydrogens is 610 g/mol. The summed E-state index contributed by atoms with van der Waals surface area (Å²) >= 11 is 0. The van der Waals surface area contributed by atoms with Gasteiger partial charge in [-0.05, 0) is 84.6 Å². The van der Waals surface area contributed by atoms with Crippen LogP contribution in [-0.4, -0.2) is 53.7 Å². The number of anilines is 1. The minimum Gasteiger partial charge on any atom is -0.494 e. The summed E-state index contributed by atoms with van der Waals surface area (Å²) in [5.74, 6) is -0.808. The van der Waals surface area contributed by atoms with E-state index >= 15 is 0 Å². The minimum atomic E-state index is -4.01. The highest BCUT2D eigenvalue weighted by Crippen LogP contribution is 2.40. The summed E-state index contributed by atoms with van der Waals surface area (Å²) in [6, 6.07) is 17.6. The number of hydrogen-bond acceptors (Lipinski definition) is 8. The SMILES string of the molecule is CCCN(CCCS(=O)(=O)c1ccc2c(c1)/C(=N\O)c1cc(S(=O)(=O)c3ccc(F)cc3)ccc1-2)c1ccc(F)cc1OC. The van der Waals surface area contributed by atoms with Crippen molar-refractivity contribution in [1.29, 1.82) is 0 Å². The van der Waals surface area contributed by atoms with E-state index in [1.807, 2.05) is 11.8 Å². The third-order valence-corrected chi connectivity index (χ3v) is 11.1. The zero-order chi connectivity index (χ0) is 31.6. The largest absolute Gasteiger partial charge is 0.494 e. The number of nitrogens with zero attached hydrogens (tertiary/aromatic N) is 2. The number of ether oxygens (including phenoxy) is 1. The Labute approximate surface area is 255 Å². The van der Waals surface area contributed by atoms with E-state index in [0.717, 1.165) is 18.6 Å². The van der Waals surface area contributed by atoms with Crippen LogP contribution in [0.1, 0.15) is 30.9 Å². The van der Waals surface area contributed by atoms with Gasteiger partial charge in [0.2, 0.25) is 9.84 Å². The van der Waals surface area contributed by atoms with Crippen molar-refractivity contribution in [3.8, 4) is 16.9 Å². The summed E-state index contributed by atoms with van der Waals surface area (Å²) in [7, 11) is -6.32. The Kier molecular flexibility index (Phi) is 8.76. The smallest absolute Gasteiger partial charge is 0.206 e. The highest BCUT2D eigenvalue weighted by atomic mass is 32.2. The zero-order valence-electron chi connectivity index (χ0n) is 24.0. The normalized spacial score (nSPS) is 13.5. The molecule has 0 saturated heterocycles. The Morgan fingerprint density at radius 2 is 1.34 bits per heavy atom. The Balaban J connectivity index is 1.38. The molecule has 1 aliphatic rings. The van der Waals surface area contributed by atoms with Gasteiger partial charge in [-0.25, -0.2) is 25.6 Å². The van der Waals surface area contributed by atoms with Crippen molar-refractivity contribution < 1.29 is 35.6 Å². The third kappa shape index (κ3) is 5.91. The second-order valence-electron chi connectivity index (χ2n) is 10.3. The van der Waals surface area contributed by atoms with Gasteiger partial charge in [0.05, 0.1) is 33.2 Å². The molecule has 0 fully saturated rings. The van der Waals surface area contributed by atoms with E-state index in [2.05, 4.69) is 5.16 Å². The Morgan fingerprint density at radius 3 is 1.95 bits per heavy atom. The number of fused-ring (bicyclic) bond motifs is 3. The average molecular weight is 641 g/mol. The molecule has 8 nitrogen and oxygen atoms in total. The van der Waals surface area contributed by atoms with Crippen molar-refractivity contribution in [1.82, 2.24) is 0 Å². The number of rotatable bonds is 11. The quantitative estimate of drug-likeness (QED) is 0.106. The van der Waals surface area contributed by atoms with Gasteiger partial charge in [-0.2, -0.15) is 0 Å². The van der Waals surface area contributed by atoms with Crippen LogP contribution < -0.4 is 9.64 Å². The fourth-order valence-electron chi connectivity index (χ4n) is 5.37. The maximum atomic E-state index is 13.7. The van der Waals surface area contributed by atoms with E-state index in [0.29, 0.717) is 46.8 Å². The van der Waals surface area contributed by atoms with Crippen molar-refractivity contribution in [2.24, 2.45) is 5.16 Å². The maximum Gasteiger partial charge on any atom is 0.206 e. The minimum absolute atomic E-state index is 0.0331. The second-order valence-corrected chi connectivity index (χ2v) is 14.4. The Hall–Kier alpha value is -4.29. The fraction of sp³-hybridized carbons (Fsp3) is 0.219. The highest BCUT2D eigenvalue weighted by molar-refractivity contribution is 7.91. The van der Waals surface area contributed by atoms with E-state index < -0.39 is 31.3 Å². The number of hydrogen-bond donors (Lipinski definition) is 1. The molecule has 0 amide bonds. The molecule has 0 saturated carbocycles. The molecule has 4 aromatic rings. The van der Waals surface area contributed by atoms with Gasteiger partial charge in [0.15, 0.2) is 9.84 Å². The summed E-state index contributed by atoms with van der Waals surface area (Å²) in [4.78, 5) is 1.81. The summed E-state index contributed by atoms with van der Waals surface area (Å²) in [5.41, 5.74) is 2.56. The van der Waals surface area contributed by atoms with Crippen molar-refractivity contribution in [2.45, 2.75) is 34.5 Å². The predicted molar refractivity (Wildman–Crippen MR) is 163 cm³/mol. The molecule has 0 unspecified atom stereocenters. The first-order valence-electron chi connectivity index (χ1n) is 13.8. The van der Waals surface area contributed by atoms with Crippen molar-refractivity contribution in [2.75, 3.05) is 30.9 Å². The summed E-state index contributed by atoms with van der Waals surface area (Å²) < 4.78 is 85.6. The van der Waals surface area contributed by atoms with Crippen LogP contribution in [0.25, 0.3) is 11.1 Å². The molecule has 0 atom stereocenters. The molecule has 1 aliphatic carbocycles. The van der Waals surface area contributed by atoms with Crippen LogP contribution in [0, 0.1) is 11.6 Å². The summed E-state index contributed by atoms with van der Waals surface area (Å²) in [6.07, 6.45) is 1.07. The lowest BCUT2D eigenvalue weighted by atomic mass is 10.1. The van der Waals surface area contributed by atoms with Crippen LogP contribution in [0.5, 0.6) is 5.75 Å². The van der Waals surface area contributed by atoms with Crippen LogP contribution in [0.2, 0.25) is 0 Å². The van der Waals surface area contributed by atoms with Gasteiger partial charge in [-0.1, -0.05) is 24.2 Å². The Morgan fingerprint density at radius 1 is 0.750 bits per heavy atom. The number of methoxy groups -OCH3 is 1. The van der Waals surface area contributed by atoms with E-state index in [9.17, 15) is 30.8 Å². The molecule has 5 rings (SSSR count). The lowest BCUT2D eigenvalue weighted by Gasteiger charge is -2.26. The molecule has 0 aromatic heterocycles. The molecule has 0 heterocycles. The molecule has 0 bridgehead atoms. The van der Waals surface area contributed by atoms with Gasteiger partial charge in [0.25, 0.3) is 0 Å². The number of oxime groups is 1. The maximum absolute atomic E-state index is 13.7. The van der Waals surface area contributed by atoms with Crippen molar-refractivity contribution in [3.63, 3.8) is 0 Å². The van der Waals surface area contributed by atoms with E-state index in [1.54, 1.807) is 18.2 Å². The topological polar surface area (TPSA) is 113 Å². The molecule has 4 aromatic carbocycles. The lowest BCUT2D eigenvalue weighted by molar-refractivity contribution is 0.320. The molecule has 0 radical (unpaired) electrons. The second kappa shape index (κ2) is 12.4. The standard InChI is InChI=1S/C32H30F2N2O6S2/c1-3-15-36(30-14-7-22(34)18-31(30)42-2)16-4-17-43(38,39)24-10-12-26-27-13-11-25(20-29(27)32(35-37)28(26)19-24)44(40,41)23-8-5-21(33)6-9-23/h5-14,18-20,37H,3-4,15-17H2,1-2H3/b35-32+. The van der Waals surface area contributed by atoms with E-state index in [4.69, 9.17) is 4.74 Å². The molecule has 0 spiro atoms. The van der Waals surface area contributed by atoms with Crippen molar-refractivity contribution >= 4 is 31.1 Å².